The number of benzene rings is 2. The van der Waals surface area contributed by atoms with Gasteiger partial charge in [0, 0.05) is 48.1 Å². The van der Waals surface area contributed by atoms with Crippen LogP contribution < -0.4 is 5.32 Å². The second-order valence-electron chi connectivity index (χ2n) is 8.37. The molecule has 1 fully saturated rings. The molecule has 0 atom stereocenters. The highest BCUT2D eigenvalue weighted by atomic mass is 32.2. The molecule has 1 N–H and O–H groups in total. The van der Waals surface area contributed by atoms with Crippen LogP contribution in [0.25, 0.3) is 5.69 Å². The van der Waals surface area contributed by atoms with E-state index in [4.69, 9.17) is 5.10 Å². The molecule has 0 spiro atoms. The van der Waals surface area contributed by atoms with Crippen LogP contribution in [0.1, 0.15) is 40.2 Å². The van der Waals surface area contributed by atoms with Crippen molar-refractivity contribution in [2.45, 2.75) is 32.2 Å². The molecule has 1 aliphatic heterocycles. The molecule has 0 bridgehead atoms. The van der Waals surface area contributed by atoms with Gasteiger partial charge in [-0.05, 0) is 61.6 Å². The lowest BCUT2D eigenvalue weighted by Crippen LogP contribution is -2.32. The predicted octanol–water partition coefficient (Wildman–Crippen LogP) is 4.69. The number of nitrogens with zero attached hydrogens (tertiary/aromatic N) is 3. The number of amides is 1. The Bertz CT molecular complexity index is 1110. The standard InChI is InChI=1S/C25H27FN4OS/c26-19-9-11-20(12-10-19)30-23-8-4-2-6-21(23)24(28-30)25(31)27-22-7-3-1-5-18(22)17-29-13-15-32-16-14-29/h1,3,5,7,9-12H,2,4,6,8,13-17H2,(H,27,31). The highest BCUT2D eigenvalue weighted by Crippen LogP contribution is 2.28. The zero-order valence-corrected chi connectivity index (χ0v) is 18.8. The number of aromatic nitrogens is 2. The van der Waals surface area contributed by atoms with E-state index in [2.05, 4.69) is 16.3 Å². The summed E-state index contributed by atoms with van der Waals surface area (Å²) >= 11 is 1.99. The maximum Gasteiger partial charge on any atom is 0.276 e. The Balaban J connectivity index is 1.42. The van der Waals surface area contributed by atoms with Crippen molar-refractivity contribution >= 4 is 23.4 Å². The van der Waals surface area contributed by atoms with Crippen molar-refractivity contribution in [3.05, 3.63) is 76.9 Å². The van der Waals surface area contributed by atoms with Crippen LogP contribution in [0.5, 0.6) is 0 Å². The van der Waals surface area contributed by atoms with Gasteiger partial charge >= 0.3 is 0 Å². The molecule has 1 aliphatic carbocycles. The second kappa shape index (κ2) is 9.46. The van der Waals surface area contributed by atoms with Crippen molar-refractivity contribution in [2.75, 3.05) is 29.9 Å². The number of anilines is 1. The van der Waals surface area contributed by atoms with E-state index in [1.165, 1.54) is 12.1 Å². The number of para-hydroxylation sites is 1. The van der Waals surface area contributed by atoms with Gasteiger partial charge in [0.1, 0.15) is 5.82 Å². The van der Waals surface area contributed by atoms with Gasteiger partial charge in [0.15, 0.2) is 5.69 Å². The van der Waals surface area contributed by atoms with Crippen molar-refractivity contribution in [1.29, 1.82) is 0 Å². The van der Waals surface area contributed by atoms with Gasteiger partial charge in [0.05, 0.1) is 5.69 Å². The number of carbonyl (C=O) groups excluding carboxylic acids is 1. The van der Waals surface area contributed by atoms with Crippen LogP contribution >= 0.6 is 11.8 Å². The molecule has 32 heavy (non-hydrogen) atoms. The quantitative estimate of drug-likeness (QED) is 0.613. The molecular formula is C25H27FN4OS. The maximum atomic E-state index is 13.4. The molecule has 3 aromatic rings. The average Bonchev–Trinajstić information content (AvgIpc) is 3.21. The van der Waals surface area contributed by atoms with Gasteiger partial charge in [-0.15, -0.1) is 0 Å². The average molecular weight is 451 g/mol. The molecule has 5 nitrogen and oxygen atoms in total. The summed E-state index contributed by atoms with van der Waals surface area (Å²) in [6, 6.07) is 14.3. The Labute approximate surface area is 192 Å². The summed E-state index contributed by atoms with van der Waals surface area (Å²) in [5, 5.41) is 7.84. The van der Waals surface area contributed by atoms with Gasteiger partial charge in [0.25, 0.3) is 5.91 Å². The van der Waals surface area contributed by atoms with Crippen LogP contribution in [0, 0.1) is 5.82 Å². The monoisotopic (exact) mass is 450 g/mol. The number of fused-ring (bicyclic) bond motifs is 1. The van der Waals surface area contributed by atoms with Crippen LogP contribution in [0.4, 0.5) is 10.1 Å². The summed E-state index contributed by atoms with van der Waals surface area (Å²) in [6.45, 7) is 2.98. The van der Waals surface area contributed by atoms with Crippen LogP contribution in [0.3, 0.4) is 0 Å². The van der Waals surface area contributed by atoms with Crippen molar-refractivity contribution in [3.63, 3.8) is 0 Å². The topological polar surface area (TPSA) is 50.2 Å². The third kappa shape index (κ3) is 4.45. The molecule has 1 amide bonds. The summed E-state index contributed by atoms with van der Waals surface area (Å²) in [5.74, 6) is 1.85. The van der Waals surface area contributed by atoms with E-state index in [-0.39, 0.29) is 11.7 Å². The van der Waals surface area contributed by atoms with Crippen LogP contribution in [0.2, 0.25) is 0 Å². The fraction of sp³-hybridized carbons (Fsp3) is 0.360. The van der Waals surface area contributed by atoms with E-state index in [0.717, 1.165) is 85.0 Å². The fourth-order valence-electron chi connectivity index (χ4n) is 4.54. The highest BCUT2D eigenvalue weighted by molar-refractivity contribution is 7.99. The van der Waals surface area contributed by atoms with E-state index in [1.54, 1.807) is 12.1 Å². The molecule has 1 saturated heterocycles. The van der Waals surface area contributed by atoms with Crippen molar-refractivity contribution in [3.8, 4) is 5.69 Å². The molecule has 0 radical (unpaired) electrons. The molecule has 5 rings (SSSR count). The lowest BCUT2D eigenvalue weighted by molar-refractivity contribution is 0.102. The SMILES string of the molecule is O=C(Nc1ccccc1CN1CCSCC1)c1nn(-c2ccc(F)cc2)c2c1CCCC2. The van der Waals surface area contributed by atoms with Crippen LogP contribution in [-0.4, -0.2) is 45.2 Å². The van der Waals surface area contributed by atoms with Crippen LogP contribution in [-0.2, 0) is 19.4 Å². The zero-order valence-electron chi connectivity index (χ0n) is 18.0. The van der Waals surface area contributed by atoms with Crippen LogP contribution in [0.15, 0.2) is 48.5 Å². The fourth-order valence-corrected chi connectivity index (χ4v) is 5.52. The number of thioether (sulfide) groups is 1. The van der Waals surface area contributed by atoms with Gasteiger partial charge in [-0.3, -0.25) is 9.69 Å². The van der Waals surface area contributed by atoms with Gasteiger partial charge in [-0.2, -0.15) is 16.9 Å². The Kier molecular flexibility index (Phi) is 6.28. The molecule has 2 aromatic carbocycles. The summed E-state index contributed by atoms with van der Waals surface area (Å²) in [5.41, 5.74) is 5.31. The first kappa shape index (κ1) is 21.2. The minimum atomic E-state index is -0.281. The number of hydrogen-bond acceptors (Lipinski definition) is 4. The maximum absolute atomic E-state index is 13.4. The van der Waals surface area contributed by atoms with Gasteiger partial charge in [0.2, 0.25) is 0 Å². The van der Waals surface area contributed by atoms with Gasteiger partial charge in [-0.1, -0.05) is 18.2 Å². The molecule has 2 heterocycles. The predicted molar refractivity (Wildman–Crippen MR) is 127 cm³/mol. The zero-order chi connectivity index (χ0) is 21.9. The van der Waals surface area contributed by atoms with Gasteiger partial charge < -0.3 is 5.32 Å². The van der Waals surface area contributed by atoms with E-state index >= 15 is 0 Å². The summed E-state index contributed by atoms with van der Waals surface area (Å²) in [7, 11) is 0. The van der Waals surface area contributed by atoms with Gasteiger partial charge in [-0.25, -0.2) is 9.07 Å². The van der Waals surface area contributed by atoms with Crippen molar-refractivity contribution in [1.82, 2.24) is 14.7 Å². The third-order valence-corrected chi connectivity index (χ3v) is 7.17. The Morgan fingerprint density at radius 1 is 1.03 bits per heavy atom. The Morgan fingerprint density at radius 3 is 2.59 bits per heavy atom. The number of rotatable bonds is 5. The molecule has 2 aliphatic rings. The second-order valence-corrected chi connectivity index (χ2v) is 9.59. The number of hydrogen-bond donors (Lipinski definition) is 1. The normalized spacial score (nSPS) is 16.5. The largest absolute Gasteiger partial charge is 0.320 e. The highest BCUT2D eigenvalue weighted by Gasteiger charge is 2.26. The molecule has 0 unspecified atom stereocenters. The summed E-state index contributed by atoms with van der Waals surface area (Å²) in [6.07, 6.45) is 3.83. The minimum Gasteiger partial charge on any atom is -0.320 e. The van der Waals surface area contributed by atoms with E-state index in [0.29, 0.717) is 5.69 Å². The van der Waals surface area contributed by atoms with E-state index in [1.807, 2.05) is 34.6 Å². The van der Waals surface area contributed by atoms with Crippen molar-refractivity contribution < 1.29 is 9.18 Å². The molecule has 166 valence electrons. The smallest absolute Gasteiger partial charge is 0.276 e. The lowest BCUT2D eigenvalue weighted by atomic mass is 9.95. The number of carbonyl (C=O) groups is 1. The third-order valence-electron chi connectivity index (χ3n) is 6.23. The Morgan fingerprint density at radius 2 is 1.78 bits per heavy atom. The van der Waals surface area contributed by atoms with E-state index in [9.17, 15) is 9.18 Å². The van der Waals surface area contributed by atoms with Crippen molar-refractivity contribution in [2.24, 2.45) is 0 Å². The molecule has 1 aromatic heterocycles. The first-order chi connectivity index (χ1) is 15.7. The lowest BCUT2D eigenvalue weighted by Gasteiger charge is -2.27. The Hall–Kier alpha value is -2.64. The first-order valence-corrected chi connectivity index (χ1v) is 12.4. The molecular weight excluding hydrogens is 423 g/mol. The minimum absolute atomic E-state index is 0.175. The summed E-state index contributed by atoms with van der Waals surface area (Å²) in [4.78, 5) is 15.8. The molecule has 7 heteroatoms. The van der Waals surface area contributed by atoms with E-state index < -0.39 is 0 Å². The number of halogens is 1. The summed E-state index contributed by atoms with van der Waals surface area (Å²) < 4.78 is 15.2. The first-order valence-electron chi connectivity index (χ1n) is 11.2. The molecule has 0 saturated carbocycles. The number of nitrogens with one attached hydrogen (secondary N) is 1.